The Kier molecular flexibility index (Phi) is 2.88. The Morgan fingerprint density at radius 2 is 1.89 bits per heavy atom. The number of hydrogen-bond acceptors (Lipinski definition) is 1. The zero-order valence-electron chi connectivity index (χ0n) is 6.81. The van der Waals surface area contributed by atoms with Crippen LogP contribution in [0.4, 0.5) is 0 Å². The van der Waals surface area contributed by atoms with Gasteiger partial charge in [0, 0.05) is 0 Å². The molecule has 2 heteroatoms. The number of quaternary nitrogens is 1. The fourth-order valence-corrected chi connectivity index (χ4v) is 0.664. The molecular weight excluding hydrogens is 112 g/mol. The van der Waals surface area contributed by atoms with E-state index in [2.05, 4.69) is 40.1 Å². The maximum absolute atomic E-state index is 3.67. The fourth-order valence-electron chi connectivity index (χ4n) is 0.664. The average molecular weight is 129 g/mol. The summed E-state index contributed by atoms with van der Waals surface area (Å²) in [6.07, 6.45) is 1.89. The first-order valence-electron chi connectivity index (χ1n) is 3.17. The van der Waals surface area contributed by atoms with Crippen molar-refractivity contribution in [2.45, 2.75) is 13.0 Å². The number of hydrogen-bond donors (Lipinski definition) is 1. The molecule has 0 aromatic carbocycles. The standard InChI is InChI=1S/C7H17N2/c1-6-7(2)8-9(3,4)5/h6-8H,1H2,2-5H3/q+1. The molecule has 54 valence electrons. The third-order valence-electron chi connectivity index (χ3n) is 0.944. The molecular formula is C7H17N2+. The van der Waals surface area contributed by atoms with Crippen LogP contribution in [-0.2, 0) is 0 Å². The van der Waals surface area contributed by atoms with E-state index in [-0.39, 0.29) is 0 Å². The van der Waals surface area contributed by atoms with Gasteiger partial charge in [0.1, 0.15) is 0 Å². The second-order valence-corrected chi connectivity index (χ2v) is 3.17. The van der Waals surface area contributed by atoms with Crippen molar-refractivity contribution in [2.24, 2.45) is 0 Å². The Labute approximate surface area is 57.7 Å². The van der Waals surface area contributed by atoms with Gasteiger partial charge in [-0.3, -0.25) is 4.59 Å². The Morgan fingerprint density at radius 3 is 2.00 bits per heavy atom. The Morgan fingerprint density at radius 1 is 1.44 bits per heavy atom. The van der Waals surface area contributed by atoms with Crippen LogP contribution in [-0.4, -0.2) is 31.8 Å². The highest BCUT2D eigenvalue weighted by Gasteiger charge is 2.07. The average Bonchev–Trinajstić information content (AvgIpc) is 1.62. The molecule has 0 spiro atoms. The SMILES string of the molecule is C=CC(C)N[N+](C)(C)C. The zero-order valence-corrected chi connectivity index (χ0v) is 6.81. The van der Waals surface area contributed by atoms with Gasteiger partial charge in [-0.15, -0.1) is 6.58 Å². The zero-order chi connectivity index (χ0) is 7.49. The predicted molar refractivity (Wildman–Crippen MR) is 40.8 cm³/mol. The lowest BCUT2D eigenvalue weighted by Crippen LogP contribution is -2.51. The highest BCUT2D eigenvalue weighted by Crippen LogP contribution is 1.87. The normalized spacial score (nSPS) is 15.1. The van der Waals surface area contributed by atoms with Gasteiger partial charge in [-0.2, -0.15) is 5.43 Å². The van der Waals surface area contributed by atoms with Crippen molar-refractivity contribution in [1.82, 2.24) is 5.43 Å². The minimum Gasteiger partial charge on any atom is -0.252 e. The molecule has 0 heterocycles. The molecule has 0 aromatic rings. The van der Waals surface area contributed by atoms with Crippen molar-refractivity contribution in [1.29, 1.82) is 0 Å². The van der Waals surface area contributed by atoms with E-state index < -0.39 is 0 Å². The summed E-state index contributed by atoms with van der Waals surface area (Å²) in [6, 6.07) is 0.380. The van der Waals surface area contributed by atoms with Gasteiger partial charge in [0.25, 0.3) is 0 Å². The molecule has 0 aliphatic heterocycles. The maximum atomic E-state index is 3.67. The minimum absolute atomic E-state index is 0.380. The van der Waals surface area contributed by atoms with E-state index in [0.717, 1.165) is 4.59 Å². The molecule has 9 heavy (non-hydrogen) atoms. The molecule has 0 aliphatic carbocycles. The van der Waals surface area contributed by atoms with Gasteiger partial charge in [0.15, 0.2) is 0 Å². The van der Waals surface area contributed by atoms with Crippen molar-refractivity contribution in [3.05, 3.63) is 12.7 Å². The number of nitrogens with one attached hydrogen (secondary N) is 1. The topological polar surface area (TPSA) is 12.0 Å². The molecule has 1 unspecified atom stereocenters. The molecule has 1 atom stereocenters. The quantitative estimate of drug-likeness (QED) is 0.337. The fraction of sp³-hybridized carbons (Fsp3) is 0.714. The largest absolute Gasteiger partial charge is 0.252 e. The van der Waals surface area contributed by atoms with Crippen LogP contribution in [0.15, 0.2) is 12.7 Å². The first-order valence-corrected chi connectivity index (χ1v) is 3.17. The van der Waals surface area contributed by atoms with Crippen LogP contribution in [0.3, 0.4) is 0 Å². The second kappa shape index (κ2) is 2.99. The summed E-state index contributed by atoms with van der Waals surface area (Å²) in [4.78, 5) is 0. The van der Waals surface area contributed by atoms with Crippen molar-refractivity contribution < 1.29 is 4.59 Å². The van der Waals surface area contributed by atoms with Gasteiger partial charge in [0.2, 0.25) is 0 Å². The smallest absolute Gasteiger partial charge is 0.0853 e. The summed E-state index contributed by atoms with van der Waals surface area (Å²) >= 11 is 0. The van der Waals surface area contributed by atoms with E-state index in [9.17, 15) is 0 Å². The Balaban J connectivity index is 3.59. The Bertz CT molecular complexity index is 91.6. The highest BCUT2D eigenvalue weighted by molar-refractivity contribution is 4.77. The molecule has 0 saturated carbocycles. The molecule has 0 amide bonds. The summed E-state index contributed by atoms with van der Waals surface area (Å²) < 4.78 is 0.771. The van der Waals surface area contributed by atoms with Crippen LogP contribution in [0, 0.1) is 0 Å². The van der Waals surface area contributed by atoms with Crippen molar-refractivity contribution in [3.63, 3.8) is 0 Å². The van der Waals surface area contributed by atoms with Crippen LogP contribution >= 0.6 is 0 Å². The third kappa shape index (κ3) is 5.53. The van der Waals surface area contributed by atoms with Crippen LogP contribution in [0.1, 0.15) is 6.92 Å². The lowest BCUT2D eigenvalue weighted by Gasteiger charge is -2.26. The van der Waals surface area contributed by atoms with Gasteiger partial charge >= 0.3 is 0 Å². The minimum atomic E-state index is 0.380. The second-order valence-electron chi connectivity index (χ2n) is 3.17. The molecule has 0 fully saturated rings. The molecule has 0 rings (SSSR count). The van der Waals surface area contributed by atoms with Gasteiger partial charge in [-0.05, 0) is 6.92 Å². The van der Waals surface area contributed by atoms with Gasteiger partial charge < -0.3 is 0 Å². The molecule has 1 N–H and O–H groups in total. The molecule has 0 aromatic heterocycles. The maximum Gasteiger partial charge on any atom is 0.0853 e. The first kappa shape index (κ1) is 8.66. The summed E-state index contributed by atoms with van der Waals surface area (Å²) in [6.45, 7) is 5.75. The molecule has 0 aliphatic rings. The van der Waals surface area contributed by atoms with Crippen LogP contribution in [0.5, 0.6) is 0 Å². The lowest BCUT2D eigenvalue weighted by atomic mass is 10.4. The highest BCUT2D eigenvalue weighted by atomic mass is 15.6. The Hall–Kier alpha value is -0.340. The van der Waals surface area contributed by atoms with Gasteiger partial charge in [-0.1, -0.05) is 6.08 Å². The summed E-state index contributed by atoms with van der Waals surface area (Å²) in [7, 11) is 6.25. The number of rotatable bonds is 3. The van der Waals surface area contributed by atoms with E-state index >= 15 is 0 Å². The van der Waals surface area contributed by atoms with Crippen LogP contribution < -0.4 is 5.43 Å². The van der Waals surface area contributed by atoms with E-state index in [1.54, 1.807) is 0 Å². The van der Waals surface area contributed by atoms with Crippen LogP contribution in [0.25, 0.3) is 0 Å². The first-order chi connectivity index (χ1) is 3.95. The summed E-state index contributed by atoms with van der Waals surface area (Å²) in [5, 5.41) is 0. The summed E-state index contributed by atoms with van der Waals surface area (Å²) in [5.41, 5.74) is 3.29. The van der Waals surface area contributed by atoms with E-state index in [0.29, 0.717) is 6.04 Å². The monoisotopic (exact) mass is 129 g/mol. The number of nitrogens with zero attached hydrogens (tertiary/aromatic N) is 1. The lowest BCUT2D eigenvalue weighted by molar-refractivity contribution is -0.917. The van der Waals surface area contributed by atoms with E-state index in [1.165, 1.54) is 0 Å². The molecule has 0 bridgehead atoms. The molecule has 2 nitrogen and oxygen atoms in total. The van der Waals surface area contributed by atoms with Crippen molar-refractivity contribution in [2.75, 3.05) is 21.1 Å². The van der Waals surface area contributed by atoms with Gasteiger partial charge in [-0.25, -0.2) is 0 Å². The molecule has 0 saturated heterocycles. The van der Waals surface area contributed by atoms with E-state index in [1.807, 2.05) is 6.08 Å². The van der Waals surface area contributed by atoms with E-state index in [4.69, 9.17) is 0 Å². The van der Waals surface area contributed by atoms with Gasteiger partial charge in [0.05, 0.1) is 27.2 Å². The van der Waals surface area contributed by atoms with Crippen molar-refractivity contribution in [3.8, 4) is 0 Å². The summed E-state index contributed by atoms with van der Waals surface area (Å²) in [5.74, 6) is 0. The predicted octanol–water partition coefficient (Wildman–Crippen LogP) is 0.772. The molecule has 0 radical (unpaired) electrons. The third-order valence-corrected chi connectivity index (χ3v) is 0.944. The van der Waals surface area contributed by atoms with Crippen molar-refractivity contribution >= 4 is 0 Å². The van der Waals surface area contributed by atoms with Crippen LogP contribution in [0.2, 0.25) is 0 Å².